The predicted octanol–water partition coefficient (Wildman–Crippen LogP) is 2.34. The van der Waals surface area contributed by atoms with Gasteiger partial charge in [0.25, 0.3) is 0 Å². The molecule has 3 nitrogen and oxygen atoms in total. The fourth-order valence-electron chi connectivity index (χ4n) is 2.70. The minimum absolute atomic E-state index is 0. The van der Waals surface area contributed by atoms with Crippen molar-refractivity contribution in [2.24, 2.45) is 5.73 Å². The lowest BCUT2D eigenvalue weighted by Crippen LogP contribution is -2.34. The minimum Gasteiger partial charge on any atom is -0.343 e. The van der Waals surface area contributed by atoms with Crippen LogP contribution in [-0.2, 0) is 10.2 Å². The normalized spacial score (nSPS) is 24.5. The Morgan fingerprint density at radius 1 is 1.32 bits per heavy atom. The van der Waals surface area contributed by atoms with Gasteiger partial charge in [0.1, 0.15) is 0 Å². The second-order valence-electron chi connectivity index (χ2n) is 5.08. The lowest BCUT2D eigenvalue weighted by Gasteiger charge is -2.23. The van der Waals surface area contributed by atoms with Crippen molar-refractivity contribution >= 4 is 18.3 Å². The van der Waals surface area contributed by atoms with Crippen LogP contribution in [0.1, 0.15) is 32.3 Å². The molecule has 1 fully saturated rings. The number of hydrogen-bond acceptors (Lipinski definition) is 2. The molecule has 1 saturated carbocycles. The number of nitrogens with two attached hydrogens (primary N) is 1. The Morgan fingerprint density at radius 2 is 1.84 bits per heavy atom. The maximum atomic E-state index is 12.3. The first-order valence-electron chi connectivity index (χ1n) is 6.73. The van der Waals surface area contributed by atoms with Crippen LogP contribution in [0.15, 0.2) is 30.3 Å². The Kier molecular flexibility index (Phi) is 5.39. The molecular weight excluding hydrogens is 260 g/mol. The molecule has 2 N–H and O–H groups in total. The monoisotopic (exact) mass is 282 g/mol. The molecule has 0 bridgehead atoms. The van der Waals surface area contributed by atoms with E-state index >= 15 is 0 Å². The van der Waals surface area contributed by atoms with Crippen molar-refractivity contribution in [1.82, 2.24) is 4.90 Å². The summed E-state index contributed by atoms with van der Waals surface area (Å²) in [5.74, 6) is 0.219. The zero-order valence-electron chi connectivity index (χ0n) is 11.6. The number of amides is 1. The third-order valence-corrected chi connectivity index (χ3v) is 4.07. The molecule has 19 heavy (non-hydrogen) atoms. The van der Waals surface area contributed by atoms with E-state index in [9.17, 15) is 4.79 Å². The van der Waals surface area contributed by atoms with E-state index in [4.69, 9.17) is 5.73 Å². The van der Waals surface area contributed by atoms with Gasteiger partial charge in [-0.25, -0.2) is 0 Å². The molecule has 0 spiro atoms. The van der Waals surface area contributed by atoms with Gasteiger partial charge in [-0.15, -0.1) is 12.4 Å². The van der Waals surface area contributed by atoms with Crippen molar-refractivity contribution in [3.05, 3.63) is 35.9 Å². The highest BCUT2D eigenvalue weighted by molar-refractivity contribution is 5.85. The van der Waals surface area contributed by atoms with Crippen molar-refractivity contribution in [1.29, 1.82) is 0 Å². The largest absolute Gasteiger partial charge is 0.343 e. The molecule has 2 unspecified atom stereocenters. The van der Waals surface area contributed by atoms with Crippen LogP contribution in [0.2, 0.25) is 0 Å². The maximum Gasteiger partial charge on any atom is 0.223 e. The average Bonchev–Trinajstić information content (AvgIpc) is 3.03. The highest BCUT2D eigenvalue weighted by atomic mass is 35.5. The number of hydrogen-bond donors (Lipinski definition) is 1. The van der Waals surface area contributed by atoms with Crippen LogP contribution in [0.25, 0.3) is 0 Å². The molecule has 1 amide bonds. The fourth-order valence-corrected chi connectivity index (χ4v) is 2.70. The van der Waals surface area contributed by atoms with Crippen LogP contribution in [0.3, 0.4) is 0 Å². The molecule has 2 atom stereocenters. The first kappa shape index (κ1) is 16.0. The minimum atomic E-state index is -0.110. The Hall–Kier alpha value is -1.06. The Labute approximate surface area is 121 Å². The van der Waals surface area contributed by atoms with Gasteiger partial charge in [-0.3, -0.25) is 4.79 Å². The third kappa shape index (κ3) is 3.10. The Balaban J connectivity index is 0.00000180. The van der Waals surface area contributed by atoms with E-state index in [1.165, 1.54) is 5.56 Å². The van der Waals surface area contributed by atoms with E-state index < -0.39 is 0 Å². The second kappa shape index (κ2) is 6.40. The summed E-state index contributed by atoms with van der Waals surface area (Å²) in [7, 11) is 0. The molecule has 1 aliphatic rings. The molecule has 0 radical (unpaired) electrons. The summed E-state index contributed by atoms with van der Waals surface area (Å²) in [4.78, 5) is 14.1. The molecule has 4 heteroatoms. The summed E-state index contributed by atoms with van der Waals surface area (Å²) in [5.41, 5.74) is 7.19. The molecule has 0 heterocycles. The summed E-state index contributed by atoms with van der Waals surface area (Å²) >= 11 is 0. The standard InChI is InChI=1S/C15H22N2O.ClH/c1-3-17(4-2)14(18)11-15(10-13(15)16)12-8-6-5-7-9-12;/h5-9,13H,3-4,10-11,16H2,1-2H3;1H. The Bertz CT molecular complexity index is 419. The van der Waals surface area contributed by atoms with Crippen molar-refractivity contribution in [3.8, 4) is 0 Å². The maximum absolute atomic E-state index is 12.3. The van der Waals surface area contributed by atoms with Gasteiger partial charge >= 0.3 is 0 Å². The SMILES string of the molecule is CCN(CC)C(=O)CC1(c2ccccc2)CC1N.Cl. The van der Waals surface area contributed by atoms with Crippen LogP contribution in [0.5, 0.6) is 0 Å². The van der Waals surface area contributed by atoms with Gasteiger partial charge in [0.15, 0.2) is 0 Å². The van der Waals surface area contributed by atoms with E-state index in [1.54, 1.807) is 0 Å². The van der Waals surface area contributed by atoms with Crippen LogP contribution < -0.4 is 5.73 Å². The number of halogens is 1. The van der Waals surface area contributed by atoms with Crippen LogP contribution >= 0.6 is 12.4 Å². The highest BCUT2D eigenvalue weighted by Gasteiger charge is 2.54. The molecule has 0 aromatic heterocycles. The van der Waals surface area contributed by atoms with Gasteiger partial charge in [0, 0.05) is 31.0 Å². The molecule has 1 aliphatic carbocycles. The van der Waals surface area contributed by atoms with Crippen LogP contribution in [-0.4, -0.2) is 29.9 Å². The van der Waals surface area contributed by atoms with Crippen LogP contribution in [0.4, 0.5) is 0 Å². The van der Waals surface area contributed by atoms with Crippen molar-refractivity contribution in [2.45, 2.75) is 38.1 Å². The van der Waals surface area contributed by atoms with Gasteiger partial charge in [0.2, 0.25) is 5.91 Å². The number of carbonyl (C=O) groups is 1. The smallest absolute Gasteiger partial charge is 0.223 e. The quantitative estimate of drug-likeness (QED) is 0.901. The number of rotatable bonds is 5. The first-order valence-corrected chi connectivity index (χ1v) is 6.73. The molecule has 1 aromatic carbocycles. The van der Waals surface area contributed by atoms with E-state index in [-0.39, 0.29) is 29.8 Å². The highest BCUT2D eigenvalue weighted by Crippen LogP contribution is 2.50. The second-order valence-corrected chi connectivity index (χ2v) is 5.08. The predicted molar refractivity (Wildman–Crippen MR) is 80.5 cm³/mol. The lowest BCUT2D eigenvalue weighted by molar-refractivity contribution is -0.131. The van der Waals surface area contributed by atoms with E-state index in [0.717, 1.165) is 19.5 Å². The van der Waals surface area contributed by atoms with Crippen LogP contribution in [0, 0.1) is 0 Å². The van der Waals surface area contributed by atoms with Crippen molar-refractivity contribution < 1.29 is 4.79 Å². The van der Waals surface area contributed by atoms with E-state index in [1.807, 2.05) is 36.9 Å². The topological polar surface area (TPSA) is 46.3 Å². The number of benzene rings is 1. The molecule has 0 aliphatic heterocycles. The Morgan fingerprint density at radius 3 is 2.26 bits per heavy atom. The molecule has 2 rings (SSSR count). The molecule has 0 saturated heterocycles. The molecule has 106 valence electrons. The summed E-state index contributed by atoms with van der Waals surface area (Å²) in [6.45, 7) is 5.58. The van der Waals surface area contributed by atoms with Gasteiger partial charge < -0.3 is 10.6 Å². The molecular formula is C15H23ClN2O. The fraction of sp³-hybridized carbons (Fsp3) is 0.533. The first-order chi connectivity index (χ1) is 8.64. The summed E-state index contributed by atoms with van der Waals surface area (Å²) in [6, 6.07) is 10.3. The lowest BCUT2D eigenvalue weighted by atomic mass is 9.91. The van der Waals surface area contributed by atoms with Gasteiger partial charge in [-0.1, -0.05) is 30.3 Å². The summed E-state index contributed by atoms with van der Waals surface area (Å²) < 4.78 is 0. The zero-order valence-corrected chi connectivity index (χ0v) is 12.5. The van der Waals surface area contributed by atoms with Crippen molar-refractivity contribution in [2.75, 3.05) is 13.1 Å². The van der Waals surface area contributed by atoms with E-state index in [0.29, 0.717) is 6.42 Å². The zero-order chi connectivity index (χ0) is 13.2. The average molecular weight is 283 g/mol. The molecule has 1 aromatic rings. The van der Waals surface area contributed by atoms with Gasteiger partial charge in [-0.2, -0.15) is 0 Å². The van der Waals surface area contributed by atoms with Gasteiger partial charge in [-0.05, 0) is 25.8 Å². The van der Waals surface area contributed by atoms with Crippen molar-refractivity contribution in [3.63, 3.8) is 0 Å². The number of nitrogens with zero attached hydrogens (tertiary/aromatic N) is 1. The number of carbonyl (C=O) groups excluding carboxylic acids is 1. The summed E-state index contributed by atoms with van der Waals surface area (Å²) in [5, 5.41) is 0. The summed E-state index contributed by atoms with van der Waals surface area (Å²) in [6.07, 6.45) is 1.46. The third-order valence-electron chi connectivity index (χ3n) is 4.07. The van der Waals surface area contributed by atoms with E-state index in [2.05, 4.69) is 12.1 Å². The van der Waals surface area contributed by atoms with Gasteiger partial charge in [0.05, 0.1) is 0 Å².